The van der Waals surface area contributed by atoms with Gasteiger partial charge in [0, 0.05) is 13.1 Å². The van der Waals surface area contributed by atoms with Gasteiger partial charge in [-0.3, -0.25) is 4.79 Å². The third-order valence-electron chi connectivity index (χ3n) is 3.11. The molecule has 0 atom stereocenters. The lowest BCUT2D eigenvalue weighted by Crippen LogP contribution is -2.41. The number of nitrogens with zero attached hydrogens (tertiary/aromatic N) is 2. The van der Waals surface area contributed by atoms with Crippen LogP contribution in [0.5, 0.6) is 5.75 Å². The zero-order chi connectivity index (χ0) is 18.3. The molecule has 0 fully saturated rings. The topological polar surface area (TPSA) is 79.0 Å². The lowest BCUT2D eigenvalue weighted by atomic mass is 10.3. The Labute approximate surface area is 144 Å². The van der Waals surface area contributed by atoms with Crippen molar-refractivity contribution in [2.24, 2.45) is 0 Å². The number of hydrogen-bond donors (Lipinski definition) is 1. The highest BCUT2D eigenvalue weighted by Gasteiger charge is 2.20. The molecule has 8 heteroatoms. The molecule has 0 aromatic heterocycles. The van der Waals surface area contributed by atoms with E-state index in [0.29, 0.717) is 18.0 Å². The van der Waals surface area contributed by atoms with Crippen LogP contribution < -0.4 is 10.1 Å². The summed E-state index contributed by atoms with van der Waals surface area (Å²) < 4.78 is 30.5. The van der Waals surface area contributed by atoms with E-state index in [9.17, 15) is 13.2 Å². The van der Waals surface area contributed by atoms with Crippen molar-refractivity contribution in [3.05, 3.63) is 24.3 Å². The monoisotopic (exact) mass is 357 g/mol. The van der Waals surface area contributed by atoms with Gasteiger partial charge in [-0.25, -0.2) is 8.42 Å². The third-order valence-corrected chi connectivity index (χ3v) is 4.36. The van der Waals surface area contributed by atoms with E-state index in [0.717, 1.165) is 10.6 Å². The Morgan fingerprint density at radius 2 is 1.83 bits per heavy atom. The van der Waals surface area contributed by atoms with E-state index in [1.807, 2.05) is 38.9 Å². The quantitative estimate of drug-likeness (QED) is 0.719. The zero-order valence-corrected chi connectivity index (χ0v) is 15.8. The van der Waals surface area contributed by atoms with Gasteiger partial charge in [0.2, 0.25) is 15.9 Å². The molecule has 7 nitrogen and oxygen atoms in total. The summed E-state index contributed by atoms with van der Waals surface area (Å²) in [7, 11) is 0.232. The number of carbonyl (C=O) groups is 1. The molecule has 0 spiro atoms. The van der Waals surface area contributed by atoms with Crippen LogP contribution >= 0.6 is 0 Å². The summed E-state index contributed by atoms with van der Waals surface area (Å²) in [6.45, 7) is 4.34. The fourth-order valence-electron chi connectivity index (χ4n) is 1.95. The molecule has 0 saturated carbocycles. The average Bonchev–Trinajstić information content (AvgIpc) is 2.43. The summed E-state index contributed by atoms with van der Waals surface area (Å²) in [6, 6.07) is 7.08. The highest BCUT2D eigenvalue weighted by Crippen LogP contribution is 2.24. The number of sulfonamides is 1. The molecule has 1 aromatic carbocycles. The van der Waals surface area contributed by atoms with Crippen LogP contribution in [0.1, 0.15) is 13.8 Å². The summed E-state index contributed by atoms with van der Waals surface area (Å²) in [6.07, 6.45) is 1.07. The Morgan fingerprint density at radius 1 is 1.21 bits per heavy atom. The first-order valence-corrected chi connectivity index (χ1v) is 9.60. The average molecular weight is 357 g/mol. The standard InChI is InChI=1S/C16H27N3O4S/c1-13(2)23-15-9-7-6-8-14(15)17-16(20)12-19(24(5,21)22)11-10-18(3)4/h6-9,13H,10-12H2,1-5H3,(H,17,20). The molecule has 0 bridgehead atoms. The molecular weight excluding hydrogens is 330 g/mol. The van der Waals surface area contributed by atoms with E-state index in [2.05, 4.69) is 5.32 Å². The minimum Gasteiger partial charge on any atom is -0.489 e. The Morgan fingerprint density at radius 3 is 2.38 bits per heavy atom. The number of anilines is 1. The van der Waals surface area contributed by atoms with Crippen molar-refractivity contribution < 1.29 is 17.9 Å². The molecule has 0 aliphatic carbocycles. The summed E-state index contributed by atoms with van der Waals surface area (Å²) in [5.74, 6) is 0.152. The second-order valence-corrected chi connectivity index (χ2v) is 8.09. The van der Waals surface area contributed by atoms with Crippen LogP contribution in [0, 0.1) is 0 Å². The number of hydrogen-bond acceptors (Lipinski definition) is 5. The minimum absolute atomic E-state index is 0.0318. The van der Waals surface area contributed by atoms with Crippen LogP contribution in [0.25, 0.3) is 0 Å². The van der Waals surface area contributed by atoms with E-state index in [1.165, 1.54) is 0 Å². The first-order chi connectivity index (χ1) is 11.1. The van der Waals surface area contributed by atoms with Crippen molar-refractivity contribution in [2.45, 2.75) is 20.0 Å². The normalized spacial score (nSPS) is 12.0. The van der Waals surface area contributed by atoms with Crippen LogP contribution in [0.3, 0.4) is 0 Å². The van der Waals surface area contributed by atoms with Gasteiger partial charge in [-0.15, -0.1) is 0 Å². The van der Waals surface area contributed by atoms with Crippen LogP contribution in [0.2, 0.25) is 0 Å². The molecule has 0 unspecified atom stereocenters. The minimum atomic E-state index is -3.46. The number of rotatable bonds is 9. The Hall–Kier alpha value is -1.64. The smallest absolute Gasteiger partial charge is 0.239 e. The van der Waals surface area contributed by atoms with E-state index in [-0.39, 0.29) is 19.2 Å². The lowest BCUT2D eigenvalue weighted by molar-refractivity contribution is -0.116. The van der Waals surface area contributed by atoms with Gasteiger partial charge < -0.3 is 15.0 Å². The van der Waals surface area contributed by atoms with Gasteiger partial charge in [-0.2, -0.15) is 4.31 Å². The highest BCUT2D eigenvalue weighted by molar-refractivity contribution is 7.88. The predicted molar refractivity (Wildman–Crippen MR) is 95.8 cm³/mol. The molecule has 1 aromatic rings. The Balaban J connectivity index is 2.79. The second-order valence-electron chi connectivity index (χ2n) is 6.11. The summed E-state index contributed by atoms with van der Waals surface area (Å²) in [5.41, 5.74) is 0.525. The maximum atomic E-state index is 12.3. The van der Waals surface area contributed by atoms with Gasteiger partial charge in [0.1, 0.15) is 5.75 Å². The SMILES string of the molecule is CC(C)Oc1ccccc1NC(=O)CN(CCN(C)C)S(C)(=O)=O. The van der Waals surface area contributed by atoms with E-state index >= 15 is 0 Å². The van der Waals surface area contributed by atoms with Gasteiger partial charge in [0.15, 0.2) is 0 Å². The molecule has 1 amide bonds. The summed E-state index contributed by atoms with van der Waals surface area (Å²) in [4.78, 5) is 14.1. The number of nitrogens with one attached hydrogen (secondary N) is 1. The molecule has 1 rings (SSSR count). The second kappa shape index (κ2) is 9.00. The number of para-hydroxylation sites is 2. The number of carbonyl (C=O) groups excluding carboxylic acids is 1. The molecule has 0 radical (unpaired) electrons. The molecule has 0 saturated heterocycles. The number of ether oxygens (including phenoxy) is 1. The summed E-state index contributed by atoms with van der Waals surface area (Å²) in [5, 5.41) is 2.72. The Kier molecular flexibility index (Phi) is 7.65. The molecule has 0 aliphatic heterocycles. The van der Waals surface area contributed by atoms with E-state index in [1.54, 1.807) is 18.2 Å². The number of benzene rings is 1. The zero-order valence-electron chi connectivity index (χ0n) is 14.9. The van der Waals surface area contributed by atoms with E-state index in [4.69, 9.17) is 4.74 Å². The maximum absolute atomic E-state index is 12.3. The third kappa shape index (κ3) is 7.29. The van der Waals surface area contributed by atoms with Crippen LogP contribution in [-0.4, -0.2) is 69.6 Å². The predicted octanol–water partition coefficient (Wildman–Crippen LogP) is 1.24. The molecule has 136 valence electrons. The van der Waals surface area contributed by atoms with Gasteiger partial charge >= 0.3 is 0 Å². The largest absolute Gasteiger partial charge is 0.489 e. The van der Waals surface area contributed by atoms with Crippen molar-refractivity contribution in [1.82, 2.24) is 9.21 Å². The first kappa shape index (κ1) is 20.4. The lowest BCUT2D eigenvalue weighted by Gasteiger charge is -2.22. The van der Waals surface area contributed by atoms with Crippen LogP contribution in [0.4, 0.5) is 5.69 Å². The maximum Gasteiger partial charge on any atom is 0.239 e. The Bertz CT molecular complexity index is 644. The van der Waals surface area contributed by atoms with Crippen molar-refractivity contribution in [1.29, 1.82) is 0 Å². The fourth-order valence-corrected chi connectivity index (χ4v) is 2.72. The van der Waals surface area contributed by atoms with Gasteiger partial charge in [0.25, 0.3) is 0 Å². The van der Waals surface area contributed by atoms with Crippen molar-refractivity contribution in [2.75, 3.05) is 45.3 Å². The fraction of sp³-hybridized carbons (Fsp3) is 0.562. The van der Waals surface area contributed by atoms with Crippen molar-refractivity contribution in [3.63, 3.8) is 0 Å². The molecular formula is C16H27N3O4S. The van der Waals surface area contributed by atoms with Gasteiger partial charge in [-0.05, 0) is 40.1 Å². The van der Waals surface area contributed by atoms with Gasteiger partial charge in [0.05, 0.1) is 24.6 Å². The molecule has 1 N–H and O–H groups in total. The van der Waals surface area contributed by atoms with Crippen molar-refractivity contribution >= 4 is 21.6 Å². The van der Waals surface area contributed by atoms with Crippen LogP contribution in [-0.2, 0) is 14.8 Å². The molecule has 0 aliphatic rings. The summed E-state index contributed by atoms with van der Waals surface area (Å²) >= 11 is 0. The first-order valence-electron chi connectivity index (χ1n) is 7.75. The highest BCUT2D eigenvalue weighted by atomic mass is 32.2. The molecule has 0 heterocycles. The van der Waals surface area contributed by atoms with E-state index < -0.39 is 15.9 Å². The van der Waals surface area contributed by atoms with Crippen molar-refractivity contribution in [3.8, 4) is 5.75 Å². The number of likely N-dealkylation sites (N-methyl/N-ethyl adjacent to an activating group) is 1. The van der Waals surface area contributed by atoms with Gasteiger partial charge in [-0.1, -0.05) is 12.1 Å². The number of amides is 1. The van der Waals surface area contributed by atoms with Crippen LogP contribution in [0.15, 0.2) is 24.3 Å². The molecule has 24 heavy (non-hydrogen) atoms.